The highest BCUT2D eigenvalue weighted by molar-refractivity contribution is 5.85. The van der Waals surface area contributed by atoms with Crippen LogP contribution in [0.1, 0.15) is 45.4 Å². The van der Waals surface area contributed by atoms with Crippen molar-refractivity contribution in [3.05, 3.63) is 36.9 Å². The van der Waals surface area contributed by atoms with E-state index in [1.807, 2.05) is 0 Å². The Morgan fingerprint density at radius 1 is 0.846 bits per heavy atom. The molecule has 208 valence electrons. The van der Waals surface area contributed by atoms with E-state index < -0.39 is 0 Å². The van der Waals surface area contributed by atoms with Gasteiger partial charge in [-0.1, -0.05) is 0 Å². The van der Waals surface area contributed by atoms with Crippen LogP contribution in [0.4, 0.5) is 17.3 Å². The van der Waals surface area contributed by atoms with Gasteiger partial charge in [-0.3, -0.25) is 4.98 Å². The van der Waals surface area contributed by atoms with Gasteiger partial charge >= 0.3 is 0 Å². The maximum Gasteiger partial charge on any atom is 0.149 e. The summed E-state index contributed by atoms with van der Waals surface area (Å²) >= 11 is 0. The van der Waals surface area contributed by atoms with Gasteiger partial charge in [-0.05, 0) is 51.5 Å². The second kappa shape index (κ2) is 12.3. The molecule has 2 saturated heterocycles. The van der Waals surface area contributed by atoms with E-state index in [0.29, 0.717) is 12.1 Å². The SMILES string of the molecule is CCOC1CCN(c2cc(NC3CCC(Oc4cc(N5CCOCC5)cc5nccnc45)CC3)ncn2)CC1. The summed E-state index contributed by atoms with van der Waals surface area (Å²) in [4.78, 5) is 22.9. The molecule has 0 atom stereocenters. The van der Waals surface area contributed by atoms with Gasteiger partial charge in [-0.15, -0.1) is 0 Å². The van der Waals surface area contributed by atoms with E-state index in [9.17, 15) is 0 Å². The third kappa shape index (κ3) is 6.33. The molecule has 39 heavy (non-hydrogen) atoms. The Morgan fingerprint density at radius 2 is 1.64 bits per heavy atom. The Labute approximate surface area is 230 Å². The maximum atomic E-state index is 6.59. The number of fused-ring (bicyclic) bond motifs is 1. The summed E-state index contributed by atoms with van der Waals surface area (Å²) in [7, 11) is 0. The van der Waals surface area contributed by atoms with Crippen LogP contribution >= 0.6 is 0 Å². The molecule has 3 fully saturated rings. The molecule has 2 aromatic heterocycles. The summed E-state index contributed by atoms with van der Waals surface area (Å²) in [5.74, 6) is 2.72. The van der Waals surface area contributed by atoms with Crippen LogP contribution in [0.3, 0.4) is 0 Å². The van der Waals surface area contributed by atoms with Crippen LogP contribution in [0.5, 0.6) is 5.75 Å². The fourth-order valence-electron chi connectivity index (χ4n) is 5.92. The van der Waals surface area contributed by atoms with E-state index in [2.05, 4.69) is 60.2 Å². The van der Waals surface area contributed by atoms with Crippen molar-refractivity contribution in [2.45, 2.75) is 63.7 Å². The molecule has 1 N–H and O–H groups in total. The first-order valence-electron chi connectivity index (χ1n) is 14.4. The van der Waals surface area contributed by atoms with Gasteiger partial charge in [0.05, 0.1) is 30.9 Å². The van der Waals surface area contributed by atoms with E-state index in [0.717, 1.165) is 119 Å². The van der Waals surface area contributed by atoms with Gasteiger partial charge in [0.25, 0.3) is 0 Å². The van der Waals surface area contributed by atoms with Gasteiger partial charge in [0.15, 0.2) is 0 Å². The molecular weight excluding hydrogens is 494 g/mol. The van der Waals surface area contributed by atoms with Crippen LogP contribution in [-0.4, -0.2) is 84.2 Å². The minimum absolute atomic E-state index is 0.154. The zero-order valence-electron chi connectivity index (χ0n) is 22.8. The van der Waals surface area contributed by atoms with Gasteiger partial charge in [-0.2, -0.15) is 0 Å². The van der Waals surface area contributed by atoms with E-state index in [1.54, 1.807) is 18.7 Å². The average molecular weight is 534 g/mol. The lowest BCUT2D eigenvalue weighted by Gasteiger charge is -2.33. The summed E-state index contributed by atoms with van der Waals surface area (Å²) in [6.07, 6.45) is 11.8. The molecule has 3 aliphatic rings. The summed E-state index contributed by atoms with van der Waals surface area (Å²) in [5.41, 5.74) is 2.82. The fourth-order valence-corrected chi connectivity index (χ4v) is 5.92. The van der Waals surface area contributed by atoms with Crippen LogP contribution < -0.4 is 19.9 Å². The van der Waals surface area contributed by atoms with Gasteiger partial charge < -0.3 is 29.3 Å². The van der Waals surface area contributed by atoms with Crippen LogP contribution in [0.15, 0.2) is 36.9 Å². The molecule has 1 aliphatic carbocycles. The maximum absolute atomic E-state index is 6.59. The zero-order chi connectivity index (χ0) is 26.4. The largest absolute Gasteiger partial charge is 0.488 e. The molecule has 2 aliphatic heterocycles. The van der Waals surface area contributed by atoms with Crippen LogP contribution in [0.25, 0.3) is 11.0 Å². The molecule has 0 spiro atoms. The lowest BCUT2D eigenvalue weighted by Crippen LogP contribution is -2.37. The summed E-state index contributed by atoms with van der Waals surface area (Å²) in [5, 5.41) is 3.66. The van der Waals surface area contributed by atoms with Gasteiger partial charge in [0.1, 0.15) is 29.2 Å². The molecule has 0 amide bonds. The minimum atomic E-state index is 0.154. The van der Waals surface area contributed by atoms with Crippen LogP contribution in [0, 0.1) is 0 Å². The predicted octanol–water partition coefficient (Wildman–Crippen LogP) is 4.06. The lowest BCUT2D eigenvalue weighted by molar-refractivity contribution is 0.0458. The number of ether oxygens (including phenoxy) is 3. The van der Waals surface area contributed by atoms with Crippen molar-refractivity contribution in [1.82, 2.24) is 19.9 Å². The van der Waals surface area contributed by atoms with E-state index >= 15 is 0 Å². The number of benzene rings is 1. The Balaban J connectivity index is 1.06. The average Bonchev–Trinajstić information content (AvgIpc) is 2.99. The molecule has 0 bridgehead atoms. The molecular formula is C29H39N7O3. The molecule has 0 unspecified atom stereocenters. The normalized spacial score (nSPS) is 22.7. The Hall–Kier alpha value is -3.24. The monoisotopic (exact) mass is 533 g/mol. The summed E-state index contributed by atoms with van der Waals surface area (Å²) in [6, 6.07) is 6.70. The number of morpholine rings is 1. The molecule has 1 saturated carbocycles. The predicted molar refractivity (Wildman–Crippen MR) is 152 cm³/mol. The number of anilines is 3. The standard InChI is InChI=1S/C29H39N7O3/c1-2-38-23-7-11-36(12-8-23)28-19-27(32-20-33-28)34-21-3-5-24(6-4-21)39-26-18-22(35-13-15-37-16-14-35)17-25-29(26)31-10-9-30-25/h9-10,17-21,23-24H,2-8,11-16H2,1H3,(H,32,33,34). The van der Waals surface area contributed by atoms with Crippen molar-refractivity contribution in [3.8, 4) is 5.75 Å². The number of hydrogen-bond acceptors (Lipinski definition) is 10. The van der Waals surface area contributed by atoms with Crippen molar-refractivity contribution in [2.75, 3.05) is 61.1 Å². The highest BCUT2D eigenvalue weighted by Gasteiger charge is 2.25. The van der Waals surface area contributed by atoms with Crippen molar-refractivity contribution in [1.29, 1.82) is 0 Å². The lowest BCUT2D eigenvalue weighted by atomic mass is 9.93. The fraction of sp³-hybridized carbons (Fsp3) is 0.586. The molecule has 1 aromatic carbocycles. The van der Waals surface area contributed by atoms with Crippen molar-refractivity contribution in [3.63, 3.8) is 0 Å². The van der Waals surface area contributed by atoms with Crippen LogP contribution in [-0.2, 0) is 9.47 Å². The van der Waals surface area contributed by atoms with Crippen LogP contribution in [0.2, 0.25) is 0 Å². The highest BCUT2D eigenvalue weighted by atomic mass is 16.5. The van der Waals surface area contributed by atoms with E-state index in [4.69, 9.17) is 14.2 Å². The summed E-state index contributed by atoms with van der Waals surface area (Å²) < 4.78 is 17.9. The molecule has 4 heterocycles. The quantitative estimate of drug-likeness (QED) is 0.456. The number of nitrogens with one attached hydrogen (secondary N) is 1. The number of aromatic nitrogens is 4. The molecule has 0 radical (unpaired) electrons. The Kier molecular flexibility index (Phi) is 8.20. The first-order chi connectivity index (χ1) is 19.2. The number of piperidine rings is 1. The number of rotatable bonds is 8. The zero-order valence-corrected chi connectivity index (χ0v) is 22.8. The minimum Gasteiger partial charge on any atom is -0.488 e. The number of nitrogens with zero attached hydrogens (tertiary/aromatic N) is 6. The number of hydrogen-bond donors (Lipinski definition) is 1. The Bertz CT molecular complexity index is 1220. The Morgan fingerprint density at radius 3 is 2.44 bits per heavy atom. The molecule has 6 rings (SSSR count). The van der Waals surface area contributed by atoms with Gasteiger partial charge in [0, 0.05) is 69.0 Å². The summed E-state index contributed by atoms with van der Waals surface area (Å²) in [6.45, 7) is 8.01. The smallest absolute Gasteiger partial charge is 0.149 e. The third-order valence-electron chi connectivity index (χ3n) is 8.04. The van der Waals surface area contributed by atoms with Crippen molar-refractivity contribution in [2.24, 2.45) is 0 Å². The second-order valence-corrected chi connectivity index (χ2v) is 10.6. The second-order valence-electron chi connectivity index (χ2n) is 10.6. The van der Waals surface area contributed by atoms with Crippen molar-refractivity contribution < 1.29 is 14.2 Å². The topological polar surface area (TPSA) is 97.8 Å². The van der Waals surface area contributed by atoms with Gasteiger partial charge in [0.2, 0.25) is 0 Å². The van der Waals surface area contributed by atoms with Crippen molar-refractivity contribution >= 4 is 28.4 Å². The van der Waals surface area contributed by atoms with E-state index in [-0.39, 0.29) is 6.10 Å². The molecule has 10 heteroatoms. The van der Waals surface area contributed by atoms with E-state index in [1.165, 1.54) is 0 Å². The highest BCUT2D eigenvalue weighted by Crippen LogP contribution is 2.33. The molecule has 3 aromatic rings. The molecule has 10 nitrogen and oxygen atoms in total. The van der Waals surface area contributed by atoms with Gasteiger partial charge in [-0.25, -0.2) is 15.0 Å². The first kappa shape index (κ1) is 26.0. The third-order valence-corrected chi connectivity index (χ3v) is 8.04. The first-order valence-corrected chi connectivity index (χ1v) is 14.4.